The van der Waals surface area contributed by atoms with Crippen molar-refractivity contribution < 1.29 is 19.0 Å². The number of aromatic nitrogens is 1. The summed E-state index contributed by atoms with van der Waals surface area (Å²) in [4.78, 5) is 14.8. The van der Waals surface area contributed by atoms with Gasteiger partial charge in [0.15, 0.2) is 11.6 Å². The maximum atomic E-state index is 13.5. The highest BCUT2D eigenvalue weighted by Gasteiger charge is 2.16. The maximum absolute atomic E-state index is 13.5. The van der Waals surface area contributed by atoms with Crippen LogP contribution < -0.4 is 10.5 Å². The molecular formula is C13H11FN2O3. The number of carbonyl (C=O) groups is 1. The van der Waals surface area contributed by atoms with E-state index in [9.17, 15) is 9.18 Å². The second-order valence-corrected chi connectivity index (χ2v) is 3.96. The molecule has 0 radical (unpaired) electrons. The molecule has 0 aliphatic rings. The number of halogens is 1. The third kappa shape index (κ3) is 2.79. The molecule has 0 bridgehead atoms. The molecule has 0 atom stereocenters. The Kier molecular flexibility index (Phi) is 3.33. The zero-order valence-electron chi connectivity index (χ0n) is 10.1. The van der Waals surface area contributed by atoms with Crippen LogP contribution in [0.5, 0.6) is 11.6 Å². The number of nitrogen functional groups attached to an aromatic ring is 1. The molecule has 1 aromatic carbocycles. The molecule has 0 aliphatic heterocycles. The summed E-state index contributed by atoms with van der Waals surface area (Å²) in [5, 5.41) is 9.02. The lowest BCUT2D eigenvalue weighted by Gasteiger charge is -2.09. The number of ether oxygens (including phenoxy) is 1. The number of aryl methyl sites for hydroxylation is 1. The van der Waals surface area contributed by atoms with Crippen molar-refractivity contribution in [3.05, 3.63) is 47.4 Å². The van der Waals surface area contributed by atoms with E-state index in [1.165, 1.54) is 24.4 Å². The molecule has 5 nitrogen and oxygen atoms in total. The van der Waals surface area contributed by atoms with Crippen LogP contribution in [0.1, 0.15) is 15.9 Å². The first-order valence-corrected chi connectivity index (χ1v) is 5.40. The van der Waals surface area contributed by atoms with Gasteiger partial charge in [0.2, 0.25) is 5.88 Å². The summed E-state index contributed by atoms with van der Waals surface area (Å²) in [6.07, 6.45) is 1.25. The van der Waals surface area contributed by atoms with Crippen LogP contribution in [0, 0.1) is 12.7 Å². The van der Waals surface area contributed by atoms with Crippen molar-refractivity contribution in [1.29, 1.82) is 0 Å². The minimum absolute atomic E-state index is 0.0835. The molecule has 1 aromatic heterocycles. The van der Waals surface area contributed by atoms with Gasteiger partial charge in [-0.3, -0.25) is 0 Å². The summed E-state index contributed by atoms with van der Waals surface area (Å²) in [5.74, 6) is -2.13. The number of nitrogens with two attached hydrogens (primary N) is 1. The number of rotatable bonds is 3. The summed E-state index contributed by atoms with van der Waals surface area (Å²) < 4.78 is 18.8. The number of hydrogen-bond acceptors (Lipinski definition) is 4. The number of carboxylic acids is 1. The minimum atomic E-state index is -1.25. The van der Waals surface area contributed by atoms with E-state index < -0.39 is 11.8 Å². The van der Waals surface area contributed by atoms with Crippen LogP contribution in [0.25, 0.3) is 0 Å². The van der Waals surface area contributed by atoms with Crippen molar-refractivity contribution in [3.63, 3.8) is 0 Å². The summed E-state index contributed by atoms with van der Waals surface area (Å²) in [6.45, 7) is 1.76. The molecule has 3 N–H and O–H groups in total. The van der Waals surface area contributed by atoms with Gasteiger partial charge in [-0.15, -0.1) is 0 Å². The predicted molar refractivity (Wildman–Crippen MR) is 66.8 cm³/mol. The largest absolute Gasteiger partial charge is 0.477 e. The Balaban J connectivity index is 2.43. The third-order valence-corrected chi connectivity index (χ3v) is 2.40. The zero-order chi connectivity index (χ0) is 14.0. The van der Waals surface area contributed by atoms with Crippen LogP contribution in [0.2, 0.25) is 0 Å². The first kappa shape index (κ1) is 12.8. The molecule has 98 valence electrons. The first-order valence-electron chi connectivity index (χ1n) is 5.40. The number of nitrogens with zero attached hydrogens (tertiary/aromatic N) is 1. The average molecular weight is 262 g/mol. The van der Waals surface area contributed by atoms with Crippen molar-refractivity contribution in [2.45, 2.75) is 6.92 Å². The molecule has 0 spiro atoms. The van der Waals surface area contributed by atoms with E-state index in [0.717, 1.165) is 5.56 Å². The van der Waals surface area contributed by atoms with E-state index in [1.807, 2.05) is 0 Å². The van der Waals surface area contributed by atoms with Crippen LogP contribution in [0.15, 0.2) is 30.5 Å². The lowest BCUT2D eigenvalue weighted by atomic mass is 10.2. The molecule has 6 heteroatoms. The SMILES string of the molecule is Cc1ccc(F)c(Oc2ncc(N)cc2C(=O)O)c1. The molecule has 0 aliphatic carbocycles. The van der Waals surface area contributed by atoms with Crippen LogP contribution in [0.4, 0.5) is 10.1 Å². The molecule has 0 amide bonds. The van der Waals surface area contributed by atoms with E-state index >= 15 is 0 Å². The van der Waals surface area contributed by atoms with Crippen LogP contribution in [-0.2, 0) is 0 Å². The van der Waals surface area contributed by atoms with Gasteiger partial charge in [0.25, 0.3) is 0 Å². The molecule has 19 heavy (non-hydrogen) atoms. The molecule has 2 aromatic rings. The van der Waals surface area contributed by atoms with Gasteiger partial charge in [-0.25, -0.2) is 14.2 Å². The Bertz CT molecular complexity index is 644. The fourth-order valence-electron chi connectivity index (χ4n) is 1.50. The summed E-state index contributed by atoms with van der Waals surface area (Å²) in [7, 11) is 0. The van der Waals surface area contributed by atoms with Crippen LogP contribution >= 0.6 is 0 Å². The highest BCUT2D eigenvalue weighted by molar-refractivity contribution is 5.91. The second-order valence-electron chi connectivity index (χ2n) is 3.96. The van der Waals surface area contributed by atoms with Crippen molar-refractivity contribution in [2.24, 2.45) is 0 Å². The molecule has 1 heterocycles. The van der Waals surface area contributed by atoms with Crippen LogP contribution in [-0.4, -0.2) is 16.1 Å². The lowest BCUT2D eigenvalue weighted by Crippen LogP contribution is -2.04. The van der Waals surface area contributed by atoms with Gasteiger partial charge in [-0.1, -0.05) is 6.07 Å². The van der Waals surface area contributed by atoms with Crippen molar-refractivity contribution >= 4 is 11.7 Å². The van der Waals surface area contributed by atoms with Crippen LogP contribution in [0.3, 0.4) is 0 Å². The number of hydrogen-bond donors (Lipinski definition) is 2. The van der Waals surface area contributed by atoms with E-state index in [1.54, 1.807) is 13.0 Å². The molecule has 0 saturated carbocycles. The number of aromatic carboxylic acids is 1. The highest BCUT2D eigenvalue weighted by Crippen LogP contribution is 2.27. The normalized spacial score (nSPS) is 10.2. The third-order valence-electron chi connectivity index (χ3n) is 2.40. The standard InChI is InChI=1S/C13H11FN2O3/c1-7-2-3-10(14)11(4-7)19-12-9(13(17)18)5-8(15)6-16-12/h2-6H,15H2,1H3,(H,17,18). The number of pyridine rings is 1. The number of benzene rings is 1. The fraction of sp³-hybridized carbons (Fsp3) is 0.0769. The first-order chi connectivity index (χ1) is 8.97. The van der Waals surface area contributed by atoms with Gasteiger partial charge in [-0.05, 0) is 30.7 Å². The smallest absolute Gasteiger partial charge is 0.341 e. The van der Waals surface area contributed by atoms with Gasteiger partial charge in [0.05, 0.1) is 11.9 Å². The molecule has 0 saturated heterocycles. The van der Waals surface area contributed by atoms with E-state index in [4.69, 9.17) is 15.6 Å². The van der Waals surface area contributed by atoms with E-state index in [2.05, 4.69) is 4.98 Å². The molecule has 0 unspecified atom stereocenters. The van der Waals surface area contributed by atoms with Gasteiger partial charge in [0.1, 0.15) is 5.56 Å². The van der Waals surface area contributed by atoms with Gasteiger partial charge < -0.3 is 15.6 Å². The van der Waals surface area contributed by atoms with Gasteiger partial charge >= 0.3 is 5.97 Å². The Morgan fingerprint density at radius 3 is 2.84 bits per heavy atom. The average Bonchev–Trinajstić information content (AvgIpc) is 2.35. The Morgan fingerprint density at radius 1 is 1.42 bits per heavy atom. The quantitative estimate of drug-likeness (QED) is 0.888. The Labute approximate surface area is 108 Å². The molecular weight excluding hydrogens is 251 g/mol. The fourth-order valence-corrected chi connectivity index (χ4v) is 1.50. The summed E-state index contributed by atoms with van der Waals surface area (Å²) >= 11 is 0. The van der Waals surface area contributed by atoms with E-state index in [0.29, 0.717) is 0 Å². The van der Waals surface area contributed by atoms with Crippen molar-refractivity contribution in [1.82, 2.24) is 4.98 Å². The topological polar surface area (TPSA) is 85.4 Å². The minimum Gasteiger partial charge on any atom is -0.477 e. The Morgan fingerprint density at radius 2 is 2.16 bits per heavy atom. The maximum Gasteiger partial charge on any atom is 0.341 e. The number of carboxylic acid groups (broad SMARTS) is 1. The van der Waals surface area contributed by atoms with Crippen molar-refractivity contribution in [3.8, 4) is 11.6 Å². The Hall–Kier alpha value is -2.63. The molecule has 0 fully saturated rings. The van der Waals surface area contributed by atoms with E-state index in [-0.39, 0.29) is 22.9 Å². The second kappa shape index (κ2) is 4.93. The molecule has 2 rings (SSSR count). The summed E-state index contributed by atoms with van der Waals surface area (Å²) in [5.41, 5.74) is 6.21. The van der Waals surface area contributed by atoms with Crippen molar-refractivity contribution in [2.75, 3.05) is 5.73 Å². The zero-order valence-corrected chi connectivity index (χ0v) is 10.1. The predicted octanol–water partition coefficient (Wildman–Crippen LogP) is 2.60. The number of anilines is 1. The van der Waals surface area contributed by atoms with Gasteiger partial charge in [0, 0.05) is 0 Å². The lowest BCUT2D eigenvalue weighted by molar-refractivity contribution is 0.0693. The highest BCUT2D eigenvalue weighted by atomic mass is 19.1. The van der Waals surface area contributed by atoms with Gasteiger partial charge in [-0.2, -0.15) is 0 Å². The monoisotopic (exact) mass is 262 g/mol. The summed E-state index contributed by atoms with van der Waals surface area (Å²) in [6, 6.07) is 5.48.